The Morgan fingerprint density at radius 1 is 1.41 bits per heavy atom. The molecule has 0 heterocycles. The molecule has 0 fully saturated rings. The van der Waals surface area contributed by atoms with Gasteiger partial charge in [-0.25, -0.2) is 0 Å². The summed E-state index contributed by atoms with van der Waals surface area (Å²) in [6, 6.07) is 7.40. The highest BCUT2D eigenvalue weighted by Crippen LogP contribution is 2.12. The van der Waals surface area contributed by atoms with E-state index in [2.05, 4.69) is 0 Å². The number of aryl methyl sites for hydroxylation is 1. The predicted octanol–water partition coefficient (Wildman–Crippen LogP) is 2.32. The summed E-state index contributed by atoms with van der Waals surface area (Å²) in [6.45, 7) is 6.29. The molecule has 0 aliphatic heterocycles. The van der Waals surface area contributed by atoms with E-state index >= 15 is 0 Å². The van der Waals surface area contributed by atoms with E-state index in [1.807, 2.05) is 45.0 Å². The zero-order chi connectivity index (χ0) is 12.8. The summed E-state index contributed by atoms with van der Waals surface area (Å²) in [5.41, 5.74) is 6.90. The fourth-order valence-corrected chi connectivity index (χ4v) is 1.51. The second-order valence-corrected chi connectivity index (χ2v) is 4.65. The number of nitrogens with two attached hydrogens (primary N) is 1. The maximum absolute atomic E-state index is 11.6. The van der Waals surface area contributed by atoms with Gasteiger partial charge in [-0.1, -0.05) is 26.0 Å². The van der Waals surface area contributed by atoms with Gasteiger partial charge in [-0.3, -0.25) is 4.79 Å². The van der Waals surface area contributed by atoms with Gasteiger partial charge in [0.05, 0.1) is 12.6 Å². The predicted molar refractivity (Wildman–Crippen MR) is 69.1 cm³/mol. The van der Waals surface area contributed by atoms with Crippen molar-refractivity contribution in [2.24, 2.45) is 11.7 Å². The van der Waals surface area contributed by atoms with E-state index in [1.54, 1.807) is 0 Å². The maximum Gasteiger partial charge on any atom is 0.153 e. The molecule has 3 heteroatoms. The third-order valence-corrected chi connectivity index (χ3v) is 2.70. The molecule has 94 valence electrons. The first-order chi connectivity index (χ1) is 8.00. The van der Waals surface area contributed by atoms with E-state index in [0.717, 1.165) is 11.3 Å². The van der Waals surface area contributed by atoms with Crippen molar-refractivity contribution < 1.29 is 9.53 Å². The van der Waals surface area contributed by atoms with Crippen LogP contribution >= 0.6 is 0 Å². The van der Waals surface area contributed by atoms with Crippen molar-refractivity contribution >= 4 is 5.78 Å². The van der Waals surface area contributed by atoms with Gasteiger partial charge in [0.15, 0.2) is 5.78 Å². The van der Waals surface area contributed by atoms with Gasteiger partial charge in [0.1, 0.15) is 5.75 Å². The van der Waals surface area contributed by atoms with Crippen molar-refractivity contribution in [3.63, 3.8) is 0 Å². The van der Waals surface area contributed by atoms with Crippen LogP contribution in [0.4, 0.5) is 0 Å². The summed E-state index contributed by atoms with van der Waals surface area (Å²) in [5.74, 6) is 1.05. The van der Waals surface area contributed by atoms with Crippen molar-refractivity contribution in [3.8, 4) is 5.75 Å². The molecule has 0 aliphatic rings. The third kappa shape index (κ3) is 4.57. The van der Waals surface area contributed by atoms with Crippen LogP contribution in [0.15, 0.2) is 24.3 Å². The number of benzene rings is 1. The zero-order valence-corrected chi connectivity index (χ0v) is 10.8. The number of carbonyl (C=O) groups excluding carboxylic acids is 1. The Kier molecular flexibility index (Phi) is 5.16. The number of carbonyl (C=O) groups is 1. The normalized spacial score (nSPS) is 12.5. The molecule has 3 nitrogen and oxygen atoms in total. The number of ketones is 1. The third-order valence-electron chi connectivity index (χ3n) is 2.70. The quantitative estimate of drug-likeness (QED) is 0.823. The van der Waals surface area contributed by atoms with Crippen LogP contribution in [0.2, 0.25) is 0 Å². The largest absolute Gasteiger partial charge is 0.493 e. The number of ether oxygens (including phenoxy) is 1. The van der Waals surface area contributed by atoms with Gasteiger partial charge in [-0.15, -0.1) is 0 Å². The van der Waals surface area contributed by atoms with Gasteiger partial charge >= 0.3 is 0 Å². The van der Waals surface area contributed by atoms with Crippen molar-refractivity contribution in [1.29, 1.82) is 0 Å². The second-order valence-electron chi connectivity index (χ2n) is 4.65. The highest BCUT2D eigenvalue weighted by molar-refractivity contribution is 5.84. The molecule has 1 unspecified atom stereocenters. The molecule has 0 amide bonds. The number of Topliss-reactive ketones (excluding diaryl/α,β-unsaturated/α-hetero) is 1. The Bertz CT molecular complexity index is 374. The first-order valence-electron chi connectivity index (χ1n) is 5.98. The molecule has 0 radical (unpaired) electrons. The fraction of sp³-hybridized carbons (Fsp3) is 0.500. The van der Waals surface area contributed by atoms with E-state index in [-0.39, 0.29) is 17.7 Å². The molecule has 0 bridgehead atoms. The molecule has 1 rings (SSSR count). The monoisotopic (exact) mass is 235 g/mol. The second kappa shape index (κ2) is 6.40. The molecule has 1 aromatic carbocycles. The Morgan fingerprint density at radius 3 is 2.71 bits per heavy atom. The van der Waals surface area contributed by atoms with Crippen molar-refractivity contribution in [2.75, 3.05) is 6.61 Å². The highest BCUT2D eigenvalue weighted by Gasteiger charge is 2.16. The average molecular weight is 235 g/mol. The maximum atomic E-state index is 11.6. The molecule has 1 atom stereocenters. The van der Waals surface area contributed by atoms with Crippen LogP contribution in [0.5, 0.6) is 5.75 Å². The number of rotatable bonds is 6. The Morgan fingerprint density at radius 2 is 2.12 bits per heavy atom. The first kappa shape index (κ1) is 13.7. The smallest absolute Gasteiger partial charge is 0.153 e. The van der Waals surface area contributed by atoms with E-state index in [0.29, 0.717) is 13.0 Å². The summed E-state index contributed by atoms with van der Waals surface area (Å²) in [7, 11) is 0. The zero-order valence-electron chi connectivity index (χ0n) is 10.8. The van der Waals surface area contributed by atoms with Gasteiger partial charge in [-0.2, -0.15) is 0 Å². The molecular formula is C14H21NO2. The van der Waals surface area contributed by atoms with Crippen molar-refractivity contribution in [1.82, 2.24) is 0 Å². The van der Waals surface area contributed by atoms with Gasteiger partial charge in [0.25, 0.3) is 0 Å². The lowest BCUT2D eigenvalue weighted by atomic mass is 9.99. The highest BCUT2D eigenvalue weighted by atomic mass is 16.5. The van der Waals surface area contributed by atoms with E-state index < -0.39 is 0 Å². The van der Waals surface area contributed by atoms with Crippen LogP contribution in [-0.4, -0.2) is 18.4 Å². The SMILES string of the molecule is Cc1cccc(OCCC(=O)C(N)C(C)C)c1. The topological polar surface area (TPSA) is 52.3 Å². The van der Waals surface area contributed by atoms with E-state index in [9.17, 15) is 4.79 Å². The Balaban J connectivity index is 2.35. The Hall–Kier alpha value is -1.35. The first-order valence-corrected chi connectivity index (χ1v) is 5.98. The van der Waals surface area contributed by atoms with Gasteiger partial charge in [0, 0.05) is 6.42 Å². The molecule has 2 N–H and O–H groups in total. The molecule has 0 saturated heterocycles. The van der Waals surface area contributed by atoms with Gasteiger partial charge in [-0.05, 0) is 30.5 Å². The molecular weight excluding hydrogens is 214 g/mol. The summed E-state index contributed by atoms with van der Waals surface area (Å²) in [4.78, 5) is 11.6. The molecule has 0 aromatic heterocycles. The van der Waals surface area contributed by atoms with Crippen molar-refractivity contribution in [3.05, 3.63) is 29.8 Å². The fourth-order valence-electron chi connectivity index (χ4n) is 1.51. The number of hydrogen-bond donors (Lipinski definition) is 1. The minimum absolute atomic E-state index is 0.0626. The lowest BCUT2D eigenvalue weighted by Crippen LogP contribution is -2.36. The molecule has 0 saturated carbocycles. The van der Waals surface area contributed by atoms with Crippen molar-refractivity contribution in [2.45, 2.75) is 33.2 Å². The minimum Gasteiger partial charge on any atom is -0.493 e. The van der Waals surface area contributed by atoms with E-state index in [4.69, 9.17) is 10.5 Å². The number of hydrogen-bond acceptors (Lipinski definition) is 3. The van der Waals surface area contributed by atoms with Gasteiger partial charge < -0.3 is 10.5 Å². The molecule has 1 aromatic rings. The summed E-state index contributed by atoms with van der Waals surface area (Å²) in [5, 5.41) is 0. The van der Waals surface area contributed by atoms with Crippen LogP contribution in [0.3, 0.4) is 0 Å². The summed E-state index contributed by atoms with van der Waals surface area (Å²) >= 11 is 0. The van der Waals surface area contributed by atoms with Crippen LogP contribution in [0.25, 0.3) is 0 Å². The summed E-state index contributed by atoms with van der Waals surface area (Å²) < 4.78 is 5.51. The minimum atomic E-state index is -0.379. The standard InChI is InChI=1S/C14H21NO2/c1-10(2)14(15)13(16)7-8-17-12-6-4-5-11(3)9-12/h4-6,9-10,14H,7-8,15H2,1-3H3. The lowest BCUT2D eigenvalue weighted by Gasteiger charge is -2.14. The Labute approximate surface area is 103 Å². The summed E-state index contributed by atoms with van der Waals surface area (Å²) in [6.07, 6.45) is 0.368. The average Bonchev–Trinajstić information content (AvgIpc) is 2.27. The molecule has 0 aliphatic carbocycles. The van der Waals surface area contributed by atoms with Crippen LogP contribution in [-0.2, 0) is 4.79 Å². The lowest BCUT2D eigenvalue weighted by molar-refractivity contribution is -0.121. The van der Waals surface area contributed by atoms with Crippen LogP contribution in [0.1, 0.15) is 25.8 Å². The molecule has 0 spiro atoms. The van der Waals surface area contributed by atoms with E-state index in [1.165, 1.54) is 0 Å². The van der Waals surface area contributed by atoms with Crippen LogP contribution in [0, 0.1) is 12.8 Å². The molecule has 17 heavy (non-hydrogen) atoms. The van der Waals surface area contributed by atoms with Gasteiger partial charge in [0.2, 0.25) is 0 Å². The van der Waals surface area contributed by atoms with Crippen LogP contribution < -0.4 is 10.5 Å².